The van der Waals surface area contributed by atoms with Crippen LogP contribution in [0.15, 0.2) is 53.0 Å². The number of likely N-dealkylation sites (N-methyl/N-ethyl adjacent to an activating group) is 1. The molecular formula is C20H23BrClN3O4S. The van der Waals surface area contributed by atoms with Gasteiger partial charge in [-0.25, -0.2) is 8.42 Å². The first kappa shape index (κ1) is 24.2. The van der Waals surface area contributed by atoms with Crippen LogP contribution in [-0.2, 0) is 26.2 Å². The molecule has 30 heavy (non-hydrogen) atoms. The number of rotatable bonds is 8. The molecule has 2 rings (SSSR count). The molecule has 162 valence electrons. The Labute approximate surface area is 190 Å². The van der Waals surface area contributed by atoms with Gasteiger partial charge >= 0.3 is 0 Å². The van der Waals surface area contributed by atoms with Gasteiger partial charge in [0.25, 0.3) is 0 Å². The smallest absolute Gasteiger partial charge is 0.244 e. The molecule has 2 amide bonds. The molecule has 0 aliphatic carbocycles. The zero-order chi connectivity index (χ0) is 22.5. The third-order valence-corrected chi connectivity index (χ3v) is 6.39. The normalized spacial score (nSPS) is 12.2. The largest absolute Gasteiger partial charge is 0.357 e. The maximum absolute atomic E-state index is 13.2. The van der Waals surface area contributed by atoms with Gasteiger partial charge in [-0.15, -0.1) is 0 Å². The van der Waals surface area contributed by atoms with Gasteiger partial charge in [0.05, 0.1) is 11.9 Å². The maximum atomic E-state index is 13.2. The van der Waals surface area contributed by atoms with Crippen molar-refractivity contribution in [3.05, 3.63) is 63.6 Å². The van der Waals surface area contributed by atoms with Crippen LogP contribution in [0, 0.1) is 0 Å². The lowest BCUT2D eigenvalue weighted by Gasteiger charge is -2.31. The predicted molar refractivity (Wildman–Crippen MR) is 122 cm³/mol. The van der Waals surface area contributed by atoms with Crippen LogP contribution in [0.2, 0.25) is 5.02 Å². The van der Waals surface area contributed by atoms with Crippen LogP contribution in [0.4, 0.5) is 5.69 Å². The Morgan fingerprint density at radius 2 is 1.67 bits per heavy atom. The number of benzene rings is 2. The highest BCUT2D eigenvalue weighted by atomic mass is 79.9. The highest BCUT2D eigenvalue weighted by Gasteiger charge is 2.29. The van der Waals surface area contributed by atoms with Crippen molar-refractivity contribution in [2.75, 3.05) is 24.2 Å². The maximum Gasteiger partial charge on any atom is 0.244 e. The molecule has 0 saturated carbocycles. The lowest BCUT2D eigenvalue weighted by atomic mass is 10.1. The lowest BCUT2D eigenvalue weighted by Crippen LogP contribution is -2.50. The average Bonchev–Trinajstić information content (AvgIpc) is 2.70. The number of nitrogens with one attached hydrogen (secondary N) is 1. The van der Waals surface area contributed by atoms with Gasteiger partial charge in [0.2, 0.25) is 21.8 Å². The Morgan fingerprint density at radius 1 is 1.10 bits per heavy atom. The second-order valence-corrected chi connectivity index (χ2v) is 9.94. The molecule has 10 heteroatoms. The molecule has 0 spiro atoms. The number of carbonyl (C=O) groups excluding carboxylic acids is 2. The van der Waals surface area contributed by atoms with Crippen molar-refractivity contribution in [3.63, 3.8) is 0 Å². The van der Waals surface area contributed by atoms with Crippen LogP contribution in [0.1, 0.15) is 12.5 Å². The van der Waals surface area contributed by atoms with Crippen molar-refractivity contribution < 1.29 is 18.0 Å². The molecule has 0 aliphatic rings. The van der Waals surface area contributed by atoms with Crippen LogP contribution in [0.3, 0.4) is 0 Å². The lowest BCUT2D eigenvalue weighted by molar-refractivity contribution is -0.139. The minimum atomic E-state index is -3.75. The summed E-state index contributed by atoms with van der Waals surface area (Å²) in [7, 11) is -2.27. The summed E-state index contributed by atoms with van der Waals surface area (Å²) in [5, 5.41) is 2.98. The van der Waals surface area contributed by atoms with Gasteiger partial charge in [-0.3, -0.25) is 13.9 Å². The summed E-state index contributed by atoms with van der Waals surface area (Å²) in [6.07, 6.45) is 1.02. The molecule has 0 heterocycles. The Kier molecular flexibility index (Phi) is 8.28. The Morgan fingerprint density at radius 3 is 2.17 bits per heavy atom. The zero-order valence-electron chi connectivity index (χ0n) is 16.8. The third kappa shape index (κ3) is 6.45. The summed E-state index contributed by atoms with van der Waals surface area (Å²) < 4.78 is 26.6. The Hall–Kier alpha value is -2.10. The molecule has 2 aromatic carbocycles. The zero-order valence-corrected chi connectivity index (χ0v) is 20.0. The molecule has 2 aromatic rings. The van der Waals surface area contributed by atoms with Gasteiger partial charge < -0.3 is 10.2 Å². The molecular weight excluding hydrogens is 494 g/mol. The highest BCUT2D eigenvalue weighted by molar-refractivity contribution is 9.10. The molecule has 1 atom stereocenters. The molecule has 0 radical (unpaired) electrons. The number of hydrogen-bond donors (Lipinski definition) is 1. The number of halogens is 2. The fraction of sp³-hybridized carbons (Fsp3) is 0.300. The van der Waals surface area contributed by atoms with Crippen LogP contribution >= 0.6 is 27.5 Å². The quantitative estimate of drug-likeness (QED) is 0.584. The van der Waals surface area contributed by atoms with Gasteiger partial charge in [-0.05, 0) is 48.9 Å². The standard InChI is InChI=1S/C20H23BrClN3O4S/c1-14(20(27)23-2)24(12-15-4-6-16(21)7-5-15)19(26)13-25(30(3,28)29)18-10-8-17(22)9-11-18/h4-11,14H,12-13H2,1-3H3,(H,23,27)/t14-/m1/s1. The Bertz CT molecular complexity index is 998. The number of hydrogen-bond acceptors (Lipinski definition) is 4. The number of carbonyl (C=O) groups is 2. The van der Waals surface area contributed by atoms with Gasteiger partial charge in [-0.1, -0.05) is 39.7 Å². The fourth-order valence-corrected chi connectivity index (χ4v) is 4.04. The van der Waals surface area contributed by atoms with Crippen molar-refractivity contribution >= 4 is 55.1 Å². The van der Waals surface area contributed by atoms with Gasteiger partial charge in [-0.2, -0.15) is 0 Å². The number of sulfonamides is 1. The summed E-state index contributed by atoms with van der Waals surface area (Å²) in [5.41, 5.74) is 1.12. The summed E-state index contributed by atoms with van der Waals surface area (Å²) >= 11 is 9.25. The van der Waals surface area contributed by atoms with Crippen LogP contribution in [0.25, 0.3) is 0 Å². The van der Waals surface area contributed by atoms with Gasteiger partial charge in [0.1, 0.15) is 12.6 Å². The summed E-state index contributed by atoms with van der Waals surface area (Å²) in [6, 6.07) is 12.7. The van der Waals surface area contributed by atoms with Crippen LogP contribution < -0.4 is 9.62 Å². The number of anilines is 1. The summed E-state index contributed by atoms with van der Waals surface area (Å²) in [5.74, 6) is -0.854. The second-order valence-electron chi connectivity index (χ2n) is 6.68. The first-order chi connectivity index (χ1) is 14.0. The molecule has 0 bridgehead atoms. The first-order valence-corrected chi connectivity index (χ1v) is 12.0. The van der Waals surface area contributed by atoms with Crippen LogP contribution in [0.5, 0.6) is 0 Å². The average molecular weight is 517 g/mol. The monoisotopic (exact) mass is 515 g/mol. The highest BCUT2D eigenvalue weighted by Crippen LogP contribution is 2.21. The van der Waals surface area contributed by atoms with Crippen LogP contribution in [-0.4, -0.2) is 51.0 Å². The first-order valence-electron chi connectivity index (χ1n) is 9.01. The van der Waals surface area contributed by atoms with Gasteiger partial charge in [0.15, 0.2) is 0 Å². The minimum absolute atomic E-state index is 0.152. The number of nitrogens with zero attached hydrogens (tertiary/aromatic N) is 2. The molecule has 0 unspecified atom stereocenters. The van der Waals surface area contributed by atoms with Crippen molar-refractivity contribution in [1.82, 2.24) is 10.2 Å². The van der Waals surface area contributed by atoms with E-state index in [4.69, 9.17) is 11.6 Å². The van der Waals surface area contributed by atoms with E-state index in [2.05, 4.69) is 21.2 Å². The van der Waals surface area contributed by atoms with E-state index >= 15 is 0 Å². The molecule has 1 N–H and O–H groups in total. The van der Waals surface area contributed by atoms with Crippen molar-refractivity contribution in [2.45, 2.75) is 19.5 Å². The SMILES string of the molecule is CNC(=O)[C@@H](C)N(Cc1ccc(Br)cc1)C(=O)CN(c1ccc(Cl)cc1)S(C)(=O)=O. The van der Waals surface area contributed by atoms with E-state index in [1.165, 1.54) is 24.1 Å². The Balaban J connectivity index is 2.35. The molecule has 0 fully saturated rings. The van der Waals surface area contributed by atoms with Crippen molar-refractivity contribution in [1.29, 1.82) is 0 Å². The van der Waals surface area contributed by atoms with Gasteiger partial charge in [0, 0.05) is 23.1 Å². The van der Waals surface area contributed by atoms with E-state index in [9.17, 15) is 18.0 Å². The third-order valence-electron chi connectivity index (χ3n) is 4.47. The summed E-state index contributed by atoms with van der Waals surface area (Å²) in [6.45, 7) is 1.31. The van der Waals surface area contributed by atoms with E-state index in [1.54, 1.807) is 19.1 Å². The molecule has 7 nitrogen and oxygen atoms in total. The van der Waals surface area contributed by atoms with E-state index in [-0.39, 0.29) is 12.5 Å². The molecule has 0 saturated heterocycles. The van der Waals surface area contributed by atoms with E-state index < -0.39 is 28.5 Å². The van der Waals surface area contributed by atoms with E-state index in [0.29, 0.717) is 10.7 Å². The fourth-order valence-electron chi connectivity index (χ4n) is 2.80. The van der Waals surface area contributed by atoms with E-state index in [1.807, 2.05) is 24.3 Å². The number of amides is 2. The minimum Gasteiger partial charge on any atom is -0.357 e. The van der Waals surface area contributed by atoms with E-state index in [0.717, 1.165) is 20.6 Å². The second kappa shape index (κ2) is 10.3. The molecule has 0 aliphatic heterocycles. The summed E-state index contributed by atoms with van der Waals surface area (Å²) in [4.78, 5) is 26.8. The topological polar surface area (TPSA) is 86.8 Å². The molecule has 0 aromatic heterocycles. The van der Waals surface area contributed by atoms with Crippen molar-refractivity contribution in [3.8, 4) is 0 Å². The predicted octanol–water partition coefficient (Wildman–Crippen LogP) is 3.03. The van der Waals surface area contributed by atoms with Crippen molar-refractivity contribution in [2.24, 2.45) is 0 Å².